The van der Waals surface area contributed by atoms with Crippen molar-refractivity contribution in [2.75, 3.05) is 7.11 Å². The predicted molar refractivity (Wildman–Crippen MR) is 86.2 cm³/mol. The highest BCUT2D eigenvalue weighted by Crippen LogP contribution is 2.29. The van der Waals surface area contributed by atoms with Gasteiger partial charge in [0, 0.05) is 18.0 Å². The van der Waals surface area contributed by atoms with Gasteiger partial charge in [-0.3, -0.25) is 14.6 Å². The highest BCUT2D eigenvalue weighted by Gasteiger charge is 2.12. The predicted octanol–water partition coefficient (Wildman–Crippen LogP) is 3.76. The Kier molecular flexibility index (Phi) is 3.85. The number of hydrogen-bond acceptors (Lipinski definition) is 4. The van der Waals surface area contributed by atoms with Gasteiger partial charge in [0.15, 0.2) is 10.6 Å². The van der Waals surface area contributed by atoms with E-state index in [9.17, 15) is 0 Å². The second-order valence-electron chi connectivity index (χ2n) is 4.24. The summed E-state index contributed by atoms with van der Waals surface area (Å²) in [6.07, 6.45) is 3.45. The van der Waals surface area contributed by atoms with Gasteiger partial charge in [-0.25, -0.2) is 0 Å². The summed E-state index contributed by atoms with van der Waals surface area (Å²) in [5.41, 5.74) is 1.83. The van der Waals surface area contributed by atoms with E-state index in [2.05, 4.69) is 31.1 Å². The zero-order valence-electron chi connectivity index (χ0n) is 11.1. The Labute approximate surface area is 134 Å². The topological polar surface area (TPSA) is 55.7 Å². The fourth-order valence-electron chi connectivity index (χ4n) is 2.03. The Morgan fingerprint density at radius 1 is 1.24 bits per heavy atom. The van der Waals surface area contributed by atoms with Crippen molar-refractivity contribution in [3.8, 4) is 22.8 Å². The van der Waals surface area contributed by atoms with Crippen LogP contribution in [0.5, 0.6) is 5.75 Å². The number of rotatable bonds is 3. The van der Waals surface area contributed by atoms with Crippen LogP contribution in [0, 0.1) is 4.77 Å². The number of hydrogen-bond donors (Lipinski definition) is 1. The first-order valence-electron chi connectivity index (χ1n) is 6.12. The molecule has 0 amide bonds. The molecule has 0 unspecified atom stereocenters. The molecule has 1 N–H and O–H groups in total. The second kappa shape index (κ2) is 5.79. The van der Waals surface area contributed by atoms with Crippen molar-refractivity contribution in [2.24, 2.45) is 0 Å². The molecule has 0 bridgehead atoms. The number of aromatic nitrogens is 4. The van der Waals surface area contributed by atoms with Gasteiger partial charge in [-0.15, -0.1) is 0 Å². The third kappa shape index (κ3) is 2.62. The summed E-state index contributed by atoms with van der Waals surface area (Å²) in [5.74, 6) is 1.50. The average Bonchev–Trinajstić information content (AvgIpc) is 2.90. The molecule has 2 heterocycles. The minimum Gasteiger partial charge on any atom is -0.496 e. The van der Waals surface area contributed by atoms with E-state index in [0.717, 1.165) is 27.3 Å². The van der Waals surface area contributed by atoms with E-state index in [1.165, 1.54) is 0 Å². The molecule has 5 nitrogen and oxygen atoms in total. The van der Waals surface area contributed by atoms with Crippen LogP contribution in [-0.4, -0.2) is 26.9 Å². The summed E-state index contributed by atoms with van der Waals surface area (Å²) >= 11 is 8.83. The fourth-order valence-corrected chi connectivity index (χ4v) is 2.79. The van der Waals surface area contributed by atoms with E-state index in [1.807, 2.05) is 34.9 Å². The lowest BCUT2D eigenvalue weighted by atomic mass is 10.2. The minimum absolute atomic E-state index is 0.527. The van der Waals surface area contributed by atoms with Gasteiger partial charge < -0.3 is 4.74 Å². The van der Waals surface area contributed by atoms with Gasteiger partial charge >= 0.3 is 0 Å². The quantitative estimate of drug-likeness (QED) is 0.720. The van der Waals surface area contributed by atoms with Crippen LogP contribution in [0.3, 0.4) is 0 Å². The average molecular weight is 363 g/mol. The zero-order chi connectivity index (χ0) is 14.8. The number of methoxy groups -OCH3 is 1. The van der Waals surface area contributed by atoms with Gasteiger partial charge in [0.2, 0.25) is 0 Å². The standard InChI is InChI=1S/C14H11BrN4OS/c1-20-12-3-2-10(8-11(12)15)19-13(17-18-14(19)21)9-4-6-16-7-5-9/h2-8H,1H3,(H,18,21). The van der Waals surface area contributed by atoms with E-state index in [-0.39, 0.29) is 0 Å². The fraction of sp³-hybridized carbons (Fsp3) is 0.0714. The van der Waals surface area contributed by atoms with Gasteiger partial charge in [0.05, 0.1) is 17.3 Å². The summed E-state index contributed by atoms with van der Waals surface area (Å²) in [5, 5.41) is 7.14. The van der Waals surface area contributed by atoms with Crippen molar-refractivity contribution in [1.82, 2.24) is 19.7 Å². The van der Waals surface area contributed by atoms with Crippen molar-refractivity contribution in [2.45, 2.75) is 0 Å². The number of benzene rings is 1. The molecule has 106 valence electrons. The van der Waals surface area contributed by atoms with E-state index in [0.29, 0.717) is 4.77 Å². The minimum atomic E-state index is 0.527. The number of nitrogens with one attached hydrogen (secondary N) is 1. The molecule has 0 atom stereocenters. The molecule has 0 aliphatic heterocycles. The Balaban J connectivity index is 2.17. The van der Waals surface area contributed by atoms with Gasteiger partial charge in [0.25, 0.3) is 0 Å². The molecular formula is C14H11BrN4OS. The van der Waals surface area contributed by atoms with Crippen molar-refractivity contribution in [1.29, 1.82) is 0 Å². The number of pyridine rings is 1. The molecule has 0 aliphatic carbocycles. The molecule has 0 aliphatic rings. The first-order valence-corrected chi connectivity index (χ1v) is 7.32. The third-order valence-electron chi connectivity index (χ3n) is 3.00. The molecule has 0 radical (unpaired) electrons. The summed E-state index contributed by atoms with van der Waals surface area (Å²) in [6, 6.07) is 9.53. The molecule has 7 heteroatoms. The molecular weight excluding hydrogens is 352 g/mol. The Morgan fingerprint density at radius 2 is 2.00 bits per heavy atom. The molecule has 3 aromatic rings. The molecule has 1 aromatic carbocycles. The lowest BCUT2D eigenvalue weighted by Crippen LogP contribution is -1.98. The lowest BCUT2D eigenvalue weighted by Gasteiger charge is -2.09. The zero-order valence-corrected chi connectivity index (χ0v) is 13.5. The summed E-state index contributed by atoms with van der Waals surface area (Å²) in [7, 11) is 1.63. The maximum atomic E-state index is 5.34. The van der Waals surface area contributed by atoms with Crippen molar-refractivity contribution in [3.63, 3.8) is 0 Å². The first kappa shape index (κ1) is 14.0. The van der Waals surface area contributed by atoms with Crippen LogP contribution in [0.4, 0.5) is 0 Å². The third-order valence-corrected chi connectivity index (χ3v) is 3.90. The molecule has 0 fully saturated rings. The number of H-pyrrole nitrogens is 1. The molecule has 3 rings (SSSR count). The van der Waals surface area contributed by atoms with E-state index in [1.54, 1.807) is 19.5 Å². The monoisotopic (exact) mass is 362 g/mol. The number of nitrogens with zero attached hydrogens (tertiary/aromatic N) is 3. The van der Waals surface area contributed by atoms with E-state index < -0.39 is 0 Å². The SMILES string of the molecule is COc1ccc(-n2c(-c3ccncc3)n[nH]c2=S)cc1Br. The normalized spacial score (nSPS) is 10.6. The largest absolute Gasteiger partial charge is 0.496 e. The summed E-state index contributed by atoms with van der Waals surface area (Å²) in [6.45, 7) is 0. The van der Waals surface area contributed by atoms with E-state index in [4.69, 9.17) is 17.0 Å². The van der Waals surface area contributed by atoms with Crippen LogP contribution in [-0.2, 0) is 0 Å². The maximum absolute atomic E-state index is 5.34. The van der Waals surface area contributed by atoms with Crippen LogP contribution < -0.4 is 4.74 Å². The summed E-state index contributed by atoms with van der Waals surface area (Å²) < 4.78 is 8.50. The first-order chi connectivity index (χ1) is 10.2. The number of halogens is 1. The van der Waals surface area contributed by atoms with Crippen LogP contribution in [0.1, 0.15) is 0 Å². The Bertz CT molecular complexity index is 828. The Hall–Kier alpha value is -1.99. The van der Waals surface area contributed by atoms with Crippen molar-refractivity contribution < 1.29 is 4.74 Å². The van der Waals surface area contributed by atoms with Crippen LogP contribution in [0.15, 0.2) is 47.2 Å². The number of aromatic amines is 1. The van der Waals surface area contributed by atoms with Crippen molar-refractivity contribution in [3.05, 3.63) is 52.0 Å². The van der Waals surface area contributed by atoms with Gasteiger partial charge in [0.1, 0.15) is 5.75 Å². The Morgan fingerprint density at radius 3 is 2.67 bits per heavy atom. The van der Waals surface area contributed by atoms with Crippen LogP contribution in [0.25, 0.3) is 17.1 Å². The molecule has 0 spiro atoms. The smallest absolute Gasteiger partial charge is 0.200 e. The van der Waals surface area contributed by atoms with Crippen molar-refractivity contribution >= 4 is 28.1 Å². The highest BCUT2D eigenvalue weighted by atomic mass is 79.9. The maximum Gasteiger partial charge on any atom is 0.200 e. The molecule has 0 saturated carbocycles. The highest BCUT2D eigenvalue weighted by molar-refractivity contribution is 9.10. The van der Waals surface area contributed by atoms with Crippen LogP contribution >= 0.6 is 28.1 Å². The lowest BCUT2D eigenvalue weighted by molar-refractivity contribution is 0.412. The van der Waals surface area contributed by atoms with Crippen LogP contribution in [0.2, 0.25) is 0 Å². The summed E-state index contributed by atoms with van der Waals surface area (Å²) in [4.78, 5) is 4.02. The van der Waals surface area contributed by atoms with Gasteiger partial charge in [-0.1, -0.05) is 0 Å². The van der Waals surface area contributed by atoms with Gasteiger partial charge in [-0.05, 0) is 58.5 Å². The van der Waals surface area contributed by atoms with E-state index >= 15 is 0 Å². The van der Waals surface area contributed by atoms with Gasteiger partial charge in [-0.2, -0.15) is 5.10 Å². The second-order valence-corrected chi connectivity index (χ2v) is 5.48. The molecule has 0 saturated heterocycles. The number of ether oxygens (including phenoxy) is 1. The molecule has 21 heavy (non-hydrogen) atoms. The molecule has 2 aromatic heterocycles.